The van der Waals surface area contributed by atoms with Crippen LogP contribution in [-0.4, -0.2) is 45.1 Å². The second kappa shape index (κ2) is 5.83. The third-order valence-electron chi connectivity index (χ3n) is 3.63. The Hall–Kier alpha value is -1.92. The molecule has 112 valence electrons. The molecule has 0 bridgehead atoms. The second-order valence-corrected chi connectivity index (χ2v) is 5.36. The number of ether oxygens (including phenoxy) is 1. The average Bonchev–Trinajstić information content (AvgIpc) is 3.00. The molecule has 1 aliphatic rings. The Bertz CT molecular complexity index is 616. The molecular weight excluding hydrogens is 273 g/mol. The van der Waals surface area contributed by atoms with E-state index in [2.05, 4.69) is 5.10 Å². The molecule has 1 fully saturated rings. The summed E-state index contributed by atoms with van der Waals surface area (Å²) in [6.45, 7) is 1.50. The van der Waals surface area contributed by atoms with Gasteiger partial charge in [0.1, 0.15) is 18.0 Å². The zero-order valence-corrected chi connectivity index (χ0v) is 11.8. The maximum Gasteiger partial charge on any atom is 0.157 e. The predicted molar refractivity (Wildman–Crippen MR) is 75.3 cm³/mol. The van der Waals surface area contributed by atoms with E-state index in [0.29, 0.717) is 30.9 Å². The molecule has 1 saturated heterocycles. The monoisotopic (exact) mass is 291 g/mol. The summed E-state index contributed by atoms with van der Waals surface area (Å²) in [5.74, 6) is 0.415. The lowest BCUT2D eigenvalue weighted by atomic mass is 10.2. The zero-order valence-electron chi connectivity index (χ0n) is 11.8. The molecule has 0 saturated carbocycles. The molecule has 0 amide bonds. The molecule has 1 N–H and O–H groups in total. The Morgan fingerprint density at radius 1 is 1.38 bits per heavy atom. The summed E-state index contributed by atoms with van der Waals surface area (Å²) in [4.78, 5) is 1.99. The summed E-state index contributed by atoms with van der Waals surface area (Å²) in [5.41, 5.74) is 0.631. The van der Waals surface area contributed by atoms with Crippen LogP contribution in [0.4, 0.5) is 4.39 Å². The SMILES string of the molecule is Cn1cc(O[C@@H]2CN(Cc3ccccc3F)C[C@H]2O)cn1. The topological polar surface area (TPSA) is 50.5 Å². The number of rotatable bonds is 4. The van der Waals surface area contributed by atoms with Gasteiger partial charge in [0.2, 0.25) is 0 Å². The van der Waals surface area contributed by atoms with Crippen LogP contribution in [0.3, 0.4) is 0 Å². The highest BCUT2D eigenvalue weighted by Gasteiger charge is 2.33. The van der Waals surface area contributed by atoms with Crippen LogP contribution in [0.2, 0.25) is 0 Å². The summed E-state index contributed by atoms with van der Waals surface area (Å²) in [7, 11) is 1.81. The van der Waals surface area contributed by atoms with E-state index in [1.807, 2.05) is 18.0 Å². The first-order valence-electron chi connectivity index (χ1n) is 6.91. The van der Waals surface area contributed by atoms with Gasteiger partial charge in [-0.25, -0.2) is 4.39 Å². The lowest BCUT2D eigenvalue weighted by Gasteiger charge is -2.16. The van der Waals surface area contributed by atoms with E-state index in [1.165, 1.54) is 6.07 Å². The quantitative estimate of drug-likeness (QED) is 0.919. The smallest absolute Gasteiger partial charge is 0.157 e. The minimum absolute atomic E-state index is 0.219. The molecule has 6 heteroatoms. The number of nitrogens with zero attached hydrogens (tertiary/aromatic N) is 3. The Morgan fingerprint density at radius 2 is 2.19 bits per heavy atom. The molecule has 5 nitrogen and oxygen atoms in total. The molecule has 3 rings (SSSR count). The normalized spacial score (nSPS) is 22.6. The molecule has 2 atom stereocenters. The highest BCUT2D eigenvalue weighted by Crippen LogP contribution is 2.20. The van der Waals surface area contributed by atoms with Gasteiger partial charge in [-0.3, -0.25) is 9.58 Å². The summed E-state index contributed by atoms with van der Waals surface area (Å²) in [6.07, 6.45) is 2.47. The lowest BCUT2D eigenvalue weighted by molar-refractivity contribution is 0.0736. The Balaban J connectivity index is 1.62. The zero-order chi connectivity index (χ0) is 14.8. The first-order valence-corrected chi connectivity index (χ1v) is 6.91. The molecule has 0 aliphatic carbocycles. The Kier molecular flexibility index (Phi) is 3.90. The summed E-state index contributed by atoms with van der Waals surface area (Å²) >= 11 is 0. The van der Waals surface area contributed by atoms with Gasteiger partial charge in [0.05, 0.1) is 12.4 Å². The number of likely N-dealkylation sites (tertiary alicyclic amines) is 1. The highest BCUT2D eigenvalue weighted by atomic mass is 19.1. The van der Waals surface area contributed by atoms with E-state index in [-0.39, 0.29) is 11.9 Å². The van der Waals surface area contributed by atoms with Gasteiger partial charge in [-0.05, 0) is 6.07 Å². The van der Waals surface area contributed by atoms with Crippen molar-refractivity contribution >= 4 is 0 Å². The van der Waals surface area contributed by atoms with Crippen molar-refractivity contribution in [3.8, 4) is 5.75 Å². The molecule has 21 heavy (non-hydrogen) atoms. The van der Waals surface area contributed by atoms with Crippen molar-refractivity contribution in [3.63, 3.8) is 0 Å². The van der Waals surface area contributed by atoms with E-state index in [1.54, 1.807) is 29.2 Å². The van der Waals surface area contributed by atoms with Gasteiger partial charge in [0, 0.05) is 32.2 Å². The molecule has 1 aromatic heterocycles. The Labute approximate surface area is 122 Å². The maximum atomic E-state index is 13.7. The molecule has 1 aromatic carbocycles. The van der Waals surface area contributed by atoms with E-state index in [4.69, 9.17) is 4.74 Å². The predicted octanol–water partition coefficient (Wildman–Crippen LogP) is 1.18. The second-order valence-electron chi connectivity index (χ2n) is 5.36. The molecule has 2 heterocycles. The van der Waals surface area contributed by atoms with Crippen LogP contribution >= 0.6 is 0 Å². The molecule has 1 aliphatic heterocycles. The number of aromatic nitrogens is 2. The van der Waals surface area contributed by atoms with Crippen molar-refractivity contribution in [2.75, 3.05) is 13.1 Å². The van der Waals surface area contributed by atoms with Crippen molar-refractivity contribution < 1.29 is 14.2 Å². The first kappa shape index (κ1) is 14.0. The fraction of sp³-hybridized carbons (Fsp3) is 0.400. The van der Waals surface area contributed by atoms with Crippen LogP contribution in [0.1, 0.15) is 5.56 Å². The highest BCUT2D eigenvalue weighted by molar-refractivity contribution is 5.18. The van der Waals surface area contributed by atoms with Crippen LogP contribution in [0.5, 0.6) is 5.75 Å². The van der Waals surface area contributed by atoms with Gasteiger partial charge in [0.25, 0.3) is 0 Å². The number of aliphatic hydroxyl groups excluding tert-OH is 1. The molecular formula is C15H18FN3O2. The van der Waals surface area contributed by atoms with E-state index in [9.17, 15) is 9.50 Å². The minimum atomic E-state index is -0.586. The summed E-state index contributed by atoms with van der Waals surface area (Å²) < 4.78 is 21.0. The molecule has 0 unspecified atom stereocenters. The fourth-order valence-corrected chi connectivity index (χ4v) is 2.58. The van der Waals surface area contributed by atoms with Crippen molar-refractivity contribution in [3.05, 3.63) is 48.0 Å². The number of halogens is 1. The van der Waals surface area contributed by atoms with Gasteiger partial charge in [0.15, 0.2) is 5.75 Å². The van der Waals surface area contributed by atoms with Crippen molar-refractivity contribution in [1.29, 1.82) is 0 Å². The van der Waals surface area contributed by atoms with Gasteiger partial charge < -0.3 is 9.84 Å². The number of aryl methyl sites for hydroxylation is 1. The number of benzene rings is 1. The fourth-order valence-electron chi connectivity index (χ4n) is 2.58. The van der Waals surface area contributed by atoms with Crippen molar-refractivity contribution in [2.24, 2.45) is 7.05 Å². The van der Waals surface area contributed by atoms with Crippen molar-refractivity contribution in [1.82, 2.24) is 14.7 Å². The maximum absolute atomic E-state index is 13.7. The van der Waals surface area contributed by atoms with Crippen LogP contribution in [0.15, 0.2) is 36.7 Å². The number of hydrogen-bond acceptors (Lipinski definition) is 4. The standard InChI is InChI=1S/C15H18FN3O2/c1-18-8-12(6-17-18)21-15-10-19(9-14(15)20)7-11-4-2-3-5-13(11)16/h2-6,8,14-15,20H,7,9-10H2,1H3/t14-,15-/m1/s1. The third kappa shape index (κ3) is 3.22. The Morgan fingerprint density at radius 3 is 2.90 bits per heavy atom. The molecule has 2 aromatic rings. The van der Waals surface area contributed by atoms with Gasteiger partial charge in [-0.15, -0.1) is 0 Å². The first-order chi connectivity index (χ1) is 10.1. The largest absolute Gasteiger partial charge is 0.483 e. The molecule has 0 radical (unpaired) electrons. The van der Waals surface area contributed by atoms with Gasteiger partial charge in [-0.1, -0.05) is 18.2 Å². The summed E-state index contributed by atoms with van der Waals surface area (Å²) in [5, 5.41) is 14.1. The van der Waals surface area contributed by atoms with Crippen LogP contribution in [-0.2, 0) is 13.6 Å². The molecule has 0 spiro atoms. The van der Waals surface area contributed by atoms with Gasteiger partial charge >= 0.3 is 0 Å². The van der Waals surface area contributed by atoms with E-state index >= 15 is 0 Å². The number of aliphatic hydroxyl groups is 1. The van der Waals surface area contributed by atoms with E-state index in [0.717, 1.165) is 0 Å². The van der Waals surface area contributed by atoms with E-state index < -0.39 is 6.10 Å². The minimum Gasteiger partial charge on any atom is -0.483 e. The van der Waals surface area contributed by atoms with Crippen LogP contribution in [0, 0.1) is 5.82 Å². The number of hydrogen-bond donors (Lipinski definition) is 1. The van der Waals surface area contributed by atoms with Crippen LogP contribution in [0.25, 0.3) is 0 Å². The third-order valence-corrected chi connectivity index (χ3v) is 3.63. The lowest BCUT2D eigenvalue weighted by Crippen LogP contribution is -2.29. The summed E-state index contributed by atoms with van der Waals surface area (Å²) in [6, 6.07) is 6.70. The average molecular weight is 291 g/mol. The van der Waals surface area contributed by atoms with Crippen LogP contribution < -0.4 is 4.74 Å². The van der Waals surface area contributed by atoms with Gasteiger partial charge in [-0.2, -0.15) is 5.10 Å². The number of β-amino-alcohol motifs (C(OH)–C–C–N with tert-alkyl or cyclic N) is 1. The van der Waals surface area contributed by atoms with Crippen molar-refractivity contribution in [2.45, 2.75) is 18.8 Å².